The average molecular weight is 1450 g/mol. The van der Waals surface area contributed by atoms with Gasteiger partial charge in [-0.05, 0) is 345 Å². The zero-order chi connectivity index (χ0) is 78.2. The second kappa shape index (κ2) is 31.8. The van der Waals surface area contributed by atoms with Crippen LogP contribution in [0.1, 0.15) is 111 Å². The highest BCUT2D eigenvalue weighted by Crippen LogP contribution is 2.42. The third-order valence-electron chi connectivity index (χ3n) is 23.8. The molecule has 0 amide bonds. The zero-order valence-electron chi connectivity index (χ0n) is 68.0. The number of aryl methyl sites for hydroxylation is 16. The fraction of sp³-hybridized carbons (Fsp3) is 0.143. The van der Waals surface area contributed by atoms with E-state index in [4.69, 9.17) is 0 Å². The maximum absolute atomic E-state index is 2.37. The first-order chi connectivity index (χ1) is 54.1. The molecule has 0 aliphatic carbocycles. The Kier molecular flexibility index (Phi) is 21.3. The highest BCUT2D eigenvalue weighted by molar-refractivity contribution is 6.16. The van der Waals surface area contributed by atoms with Crippen molar-refractivity contribution in [3.63, 3.8) is 0 Å². The van der Waals surface area contributed by atoms with Gasteiger partial charge in [0.15, 0.2) is 0 Å². The lowest BCUT2D eigenvalue weighted by Gasteiger charge is -2.15. The van der Waals surface area contributed by atoms with E-state index in [0.717, 1.165) is 0 Å². The fourth-order valence-corrected chi connectivity index (χ4v) is 16.3. The lowest BCUT2D eigenvalue weighted by Crippen LogP contribution is -1.90. The van der Waals surface area contributed by atoms with E-state index < -0.39 is 0 Å². The molecule has 0 nitrogen and oxygen atoms in total. The fourth-order valence-electron chi connectivity index (χ4n) is 16.3. The maximum Gasteiger partial charge on any atom is -0.00962 e. The summed E-state index contributed by atoms with van der Waals surface area (Å²) in [5, 5.41) is 21.5. The van der Waals surface area contributed by atoms with Crippen molar-refractivity contribution in [2.24, 2.45) is 0 Å². The summed E-state index contributed by atoms with van der Waals surface area (Å²) in [5.74, 6) is 0. The number of benzene rings is 18. The van der Waals surface area contributed by atoms with Gasteiger partial charge in [-0.25, -0.2) is 0 Å². The van der Waals surface area contributed by atoms with Crippen LogP contribution in [-0.4, -0.2) is 0 Å². The van der Waals surface area contributed by atoms with Gasteiger partial charge in [-0.15, -0.1) is 0 Å². The van der Waals surface area contributed by atoms with Crippen molar-refractivity contribution < 1.29 is 0 Å². The molecule has 0 atom stereocenters. The molecule has 0 bridgehead atoms. The summed E-state index contributed by atoms with van der Waals surface area (Å²) in [7, 11) is 0. The van der Waals surface area contributed by atoms with Crippen LogP contribution in [0.5, 0.6) is 0 Å². The van der Waals surface area contributed by atoms with Crippen LogP contribution in [0.2, 0.25) is 0 Å². The Bertz CT molecular complexity index is 6060. The van der Waals surface area contributed by atoms with Gasteiger partial charge >= 0.3 is 0 Å². The molecule has 0 heterocycles. The van der Waals surface area contributed by atoms with E-state index in [0.29, 0.717) is 0 Å². The van der Waals surface area contributed by atoms with Gasteiger partial charge in [0.25, 0.3) is 0 Å². The van der Waals surface area contributed by atoms with E-state index in [1.54, 1.807) is 0 Å². The van der Waals surface area contributed by atoms with E-state index in [9.17, 15) is 0 Å². The molecule has 0 radical (unpaired) electrons. The van der Waals surface area contributed by atoms with E-state index in [1.807, 2.05) is 0 Å². The minimum atomic E-state index is 1.23. The van der Waals surface area contributed by atoms with Crippen molar-refractivity contribution in [1.82, 2.24) is 0 Å². The standard InChI is InChI=1S/2C30H26.2C26H24/c2*1-19-5-9-23(10-6-19)25-13-15-27-21(3)22(4)28-16-14-26(18-30(28)29(27)17-25)24-11-7-20(2)8-12-24;2*1-17-5-8-21(9-6-17)10-11-22-12-14-24-20(4)19(3)23-13-7-18(2)15-25(23)26(24)16-22/h2*5-18H,1-4H3;2*5-16H,1-4H3/b;;2*11-10+. The average Bonchev–Trinajstić information content (AvgIpc) is 0.790. The molecule has 18 aromatic rings. The third-order valence-corrected chi connectivity index (χ3v) is 23.8. The SMILES string of the molecule is Cc1ccc(-c2ccc3c(C)c(C)c4ccc(-c5ccc(C)cc5)cc4c3c2)cc1.Cc1ccc(-c2ccc3c(C)c(C)c4ccc(-c5ccc(C)cc5)cc4c3c2)cc1.Cc1ccc(/C=C/c2ccc3c(C)c(C)c4ccc(C)cc4c3c2)cc1.Cc1ccc(/C=C/c2ccc3c(C)c(C)c4ccc(C)cc4c3c2)cc1. The third kappa shape index (κ3) is 15.6. The Balaban J connectivity index is 0.000000118. The predicted octanol–water partition coefficient (Wildman–Crippen LogP) is 31.9. The van der Waals surface area contributed by atoms with Crippen LogP contribution in [0, 0.1) is 111 Å². The molecular weight excluding hydrogens is 1350 g/mol. The molecular formula is C112H100. The van der Waals surface area contributed by atoms with Gasteiger partial charge in [0.2, 0.25) is 0 Å². The van der Waals surface area contributed by atoms with Crippen molar-refractivity contribution >= 4 is 110 Å². The molecule has 0 heteroatoms. The van der Waals surface area contributed by atoms with Crippen LogP contribution >= 0.6 is 0 Å². The molecule has 0 saturated carbocycles. The summed E-state index contributed by atoms with van der Waals surface area (Å²) >= 11 is 0. The maximum atomic E-state index is 2.37. The van der Waals surface area contributed by atoms with Crippen LogP contribution in [-0.2, 0) is 0 Å². The number of hydrogen-bond donors (Lipinski definition) is 0. The van der Waals surface area contributed by atoms with Crippen LogP contribution in [0.15, 0.2) is 291 Å². The topological polar surface area (TPSA) is 0 Å². The molecule has 548 valence electrons. The van der Waals surface area contributed by atoms with Crippen molar-refractivity contribution in [3.05, 3.63) is 402 Å². The van der Waals surface area contributed by atoms with Gasteiger partial charge in [0, 0.05) is 0 Å². The largest absolute Gasteiger partial charge is 0.0587 e. The predicted molar refractivity (Wildman–Crippen MR) is 494 cm³/mol. The second-order valence-corrected chi connectivity index (χ2v) is 31.7. The monoisotopic (exact) mass is 1440 g/mol. The lowest BCUT2D eigenvalue weighted by molar-refractivity contribution is 1.40. The number of rotatable bonds is 8. The van der Waals surface area contributed by atoms with Crippen LogP contribution in [0.4, 0.5) is 0 Å². The van der Waals surface area contributed by atoms with Crippen molar-refractivity contribution in [1.29, 1.82) is 0 Å². The van der Waals surface area contributed by atoms with Crippen LogP contribution in [0.3, 0.4) is 0 Å². The van der Waals surface area contributed by atoms with Gasteiger partial charge in [0.1, 0.15) is 0 Å². The minimum Gasteiger partial charge on any atom is -0.0587 e. The minimum absolute atomic E-state index is 1.23. The van der Waals surface area contributed by atoms with Gasteiger partial charge in [-0.1, -0.05) is 324 Å². The Morgan fingerprint density at radius 3 is 0.500 bits per heavy atom. The first kappa shape index (κ1) is 75.0. The molecule has 0 saturated heterocycles. The molecule has 0 N–H and O–H groups in total. The van der Waals surface area contributed by atoms with Gasteiger partial charge in [-0.3, -0.25) is 0 Å². The Hall–Kier alpha value is -12.5. The number of fused-ring (bicyclic) bond motifs is 12. The molecule has 112 heavy (non-hydrogen) atoms. The number of hydrogen-bond acceptors (Lipinski definition) is 0. The normalized spacial score (nSPS) is 11.5. The first-order valence-electron chi connectivity index (χ1n) is 39.7. The van der Waals surface area contributed by atoms with E-state index >= 15 is 0 Å². The van der Waals surface area contributed by atoms with Crippen LogP contribution in [0.25, 0.3) is 155 Å². The van der Waals surface area contributed by atoms with E-state index in [-0.39, 0.29) is 0 Å². The molecule has 0 aromatic heterocycles. The molecule has 0 aliphatic heterocycles. The first-order valence-corrected chi connectivity index (χ1v) is 39.7. The van der Waals surface area contributed by atoms with E-state index in [1.165, 1.54) is 242 Å². The smallest absolute Gasteiger partial charge is 0.00962 e. The lowest BCUT2D eigenvalue weighted by atomic mass is 9.89. The van der Waals surface area contributed by atoms with E-state index in [2.05, 4.69) is 426 Å². The molecule has 0 fully saturated rings. The molecule has 18 rings (SSSR count). The summed E-state index contributed by atoms with van der Waals surface area (Å²) < 4.78 is 0. The summed E-state index contributed by atoms with van der Waals surface area (Å²) in [6.45, 7) is 35.0. The van der Waals surface area contributed by atoms with Gasteiger partial charge < -0.3 is 0 Å². The summed E-state index contributed by atoms with van der Waals surface area (Å²) in [4.78, 5) is 0. The molecule has 18 aromatic carbocycles. The highest BCUT2D eigenvalue weighted by atomic mass is 14.2. The quantitative estimate of drug-likeness (QED) is 0.105. The Morgan fingerprint density at radius 2 is 0.268 bits per heavy atom. The molecule has 0 aliphatic rings. The van der Waals surface area contributed by atoms with Gasteiger partial charge in [-0.2, -0.15) is 0 Å². The highest BCUT2D eigenvalue weighted by Gasteiger charge is 2.17. The summed E-state index contributed by atoms with van der Waals surface area (Å²) in [5.41, 5.74) is 36.5. The second-order valence-electron chi connectivity index (χ2n) is 31.7. The summed E-state index contributed by atoms with van der Waals surface area (Å²) in [6, 6.07) is 107. The molecule has 0 unspecified atom stereocenters. The van der Waals surface area contributed by atoms with Crippen molar-refractivity contribution in [2.75, 3.05) is 0 Å². The zero-order valence-corrected chi connectivity index (χ0v) is 68.0. The Morgan fingerprint density at radius 1 is 0.116 bits per heavy atom. The van der Waals surface area contributed by atoms with Crippen molar-refractivity contribution in [3.8, 4) is 44.5 Å². The molecule has 0 spiro atoms. The van der Waals surface area contributed by atoms with Crippen LogP contribution < -0.4 is 0 Å². The van der Waals surface area contributed by atoms with Gasteiger partial charge in [0.05, 0.1) is 0 Å². The summed E-state index contributed by atoms with van der Waals surface area (Å²) in [6.07, 6.45) is 8.80. The Labute approximate surface area is 663 Å². The van der Waals surface area contributed by atoms with Crippen molar-refractivity contribution in [2.45, 2.75) is 111 Å².